The van der Waals surface area contributed by atoms with Gasteiger partial charge in [-0.2, -0.15) is 5.10 Å². The molecule has 1 aromatic rings. The Kier molecular flexibility index (Phi) is 4.36. The molecule has 0 radical (unpaired) electrons. The van der Waals surface area contributed by atoms with Crippen LogP contribution in [0, 0.1) is 5.92 Å². The normalized spacial score (nSPS) is 16.1. The van der Waals surface area contributed by atoms with Crippen LogP contribution in [-0.2, 0) is 16.6 Å². The molecule has 2 N–H and O–H groups in total. The van der Waals surface area contributed by atoms with Gasteiger partial charge in [-0.25, -0.2) is 13.1 Å². The lowest BCUT2D eigenvalue weighted by atomic mass is 10.4. The largest absolute Gasteiger partial charge is 0.315 e. The molecule has 0 spiro atoms. The Morgan fingerprint density at radius 2 is 2.28 bits per heavy atom. The molecule has 1 aliphatic rings. The zero-order chi connectivity index (χ0) is 13.0. The second-order valence-electron chi connectivity index (χ2n) is 4.59. The number of likely N-dealkylation sites (N-methyl/N-ethyl adjacent to an activating group) is 1. The van der Waals surface area contributed by atoms with Crippen molar-refractivity contribution in [2.45, 2.75) is 31.2 Å². The van der Waals surface area contributed by atoms with Crippen LogP contribution in [0.5, 0.6) is 0 Å². The molecule has 0 aromatic carbocycles. The third kappa shape index (κ3) is 3.79. The van der Waals surface area contributed by atoms with Crippen molar-refractivity contribution in [2.24, 2.45) is 5.92 Å². The lowest BCUT2D eigenvalue weighted by Crippen LogP contribution is -2.25. The highest BCUT2D eigenvalue weighted by molar-refractivity contribution is 7.89. The van der Waals surface area contributed by atoms with Gasteiger partial charge < -0.3 is 5.32 Å². The van der Waals surface area contributed by atoms with Gasteiger partial charge in [0.1, 0.15) is 4.90 Å². The molecule has 7 heteroatoms. The average molecular weight is 272 g/mol. The molecule has 0 aliphatic heterocycles. The molecule has 18 heavy (non-hydrogen) atoms. The Hall–Kier alpha value is -0.920. The molecule has 1 fully saturated rings. The molecule has 1 aromatic heterocycles. The third-order valence-corrected chi connectivity index (χ3v) is 4.32. The minimum absolute atomic E-state index is 0.250. The fourth-order valence-corrected chi connectivity index (χ4v) is 2.68. The molecule has 0 saturated heterocycles. The summed E-state index contributed by atoms with van der Waals surface area (Å²) in [7, 11) is -3.38. The summed E-state index contributed by atoms with van der Waals surface area (Å²) in [5.41, 5.74) is 0. The van der Waals surface area contributed by atoms with Crippen molar-refractivity contribution in [2.75, 3.05) is 19.6 Å². The molecule has 102 valence electrons. The topological polar surface area (TPSA) is 76.0 Å². The second-order valence-corrected chi connectivity index (χ2v) is 6.35. The van der Waals surface area contributed by atoms with Gasteiger partial charge in [0.25, 0.3) is 0 Å². The summed E-state index contributed by atoms with van der Waals surface area (Å²) in [6.45, 7) is 4.93. The third-order valence-electron chi connectivity index (χ3n) is 2.95. The fourth-order valence-electron chi connectivity index (χ4n) is 1.61. The summed E-state index contributed by atoms with van der Waals surface area (Å²) in [5, 5.41) is 7.22. The average Bonchev–Trinajstić information content (AvgIpc) is 3.05. The molecule has 1 aliphatic carbocycles. The number of hydrogen-bond donors (Lipinski definition) is 2. The first-order chi connectivity index (χ1) is 8.62. The quantitative estimate of drug-likeness (QED) is 0.662. The molecule has 6 nitrogen and oxygen atoms in total. The summed E-state index contributed by atoms with van der Waals surface area (Å²) in [6, 6.07) is 0. The Labute approximate surface area is 108 Å². The summed E-state index contributed by atoms with van der Waals surface area (Å²) < 4.78 is 28.1. The molecule has 1 heterocycles. The van der Waals surface area contributed by atoms with Crippen molar-refractivity contribution >= 4 is 10.0 Å². The van der Waals surface area contributed by atoms with E-state index < -0.39 is 10.0 Å². The summed E-state index contributed by atoms with van der Waals surface area (Å²) in [6.07, 6.45) is 5.24. The fraction of sp³-hybridized carbons (Fsp3) is 0.727. The lowest BCUT2D eigenvalue weighted by molar-refractivity contribution is 0.562. The first-order valence-electron chi connectivity index (χ1n) is 6.34. The molecular weight excluding hydrogens is 252 g/mol. The van der Waals surface area contributed by atoms with Gasteiger partial charge in [0.15, 0.2) is 0 Å². The first kappa shape index (κ1) is 13.5. The minimum Gasteiger partial charge on any atom is -0.315 e. The van der Waals surface area contributed by atoms with Crippen LogP contribution in [0.2, 0.25) is 0 Å². The van der Waals surface area contributed by atoms with E-state index in [0.29, 0.717) is 19.0 Å². The summed E-state index contributed by atoms with van der Waals surface area (Å²) in [4.78, 5) is 0.250. The van der Waals surface area contributed by atoms with Gasteiger partial charge >= 0.3 is 0 Å². The number of nitrogens with zero attached hydrogens (tertiary/aromatic N) is 2. The lowest BCUT2D eigenvalue weighted by Gasteiger charge is -2.03. The van der Waals surface area contributed by atoms with Crippen LogP contribution in [0.1, 0.15) is 19.8 Å². The van der Waals surface area contributed by atoms with E-state index in [9.17, 15) is 8.42 Å². The predicted octanol–water partition coefficient (Wildman–Crippen LogP) is 0.181. The van der Waals surface area contributed by atoms with Gasteiger partial charge in [0.05, 0.1) is 12.7 Å². The van der Waals surface area contributed by atoms with Crippen molar-refractivity contribution in [1.29, 1.82) is 0 Å². The van der Waals surface area contributed by atoms with Crippen molar-refractivity contribution in [3.63, 3.8) is 0 Å². The highest BCUT2D eigenvalue weighted by atomic mass is 32.2. The molecule has 0 unspecified atom stereocenters. The summed E-state index contributed by atoms with van der Waals surface area (Å²) in [5.74, 6) is 0.531. The van der Waals surface area contributed by atoms with Crippen molar-refractivity contribution < 1.29 is 8.42 Å². The molecule has 0 amide bonds. The Balaban J connectivity index is 1.90. The van der Waals surface area contributed by atoms with Gasteiger partial charge in [-0.05, 0) is 25.3 Å². The number of nitrogens with one attached hydrogen (secondary N) is 2. The van der Waals surface area contributed by atoms with Crippen LogP contribution in [0.25, 0.3) is 0 Å². The minimum atomic E-state index is -3.38. The van der Waals surface area contributed by atoms with E-state index >= 15 is 0 Å². The molecular formula is C11H20N4O2S. The van der Waals surface area contributed by atoms with E-state index in [4.69, 9.17) is 0 Å². The van der Waals surface area contributed by atoms with Gasteiger partial charge in [0.2, 0.25) is 10.0 Å². The van der Waals surface area contributed by atoms with E-state index in [1.165, 1.54) is 6.20 Å². The standard InChI is InChI=1S/C11H20N4O2S/c1-2-12-5-6-15-9-11(8-13-15)18(16,17)14-7-10-3-4-10/h8-10,12,14H,2-7H2,1H3. The van der Waals surface area contributed by atoms with Gasteiger partial charge in [0, 0.05) is 19.3 Å². The highest BCUT2D eigenvalue weighted by Gasteiger charge is 2.24. The van der Waals surface area contributed by atoms with E-state index in [0.717, 1.165) is 25.9 Å². The van der Waals surface area contributed by atoms with Gasteiger partial charge in [-0.1, -0.05) is 6.92 Å². The SMILES string of the molecule is CCNCCn1cc(S(=O)(=O)NCC2CC2)cn1. The van der Waals surface area contributed by atoms with Gasteiger partial charge in [-0.15, -0.1) is 0 Å². The number of aromatic nitrogens is 2. The Morgan fingerprint density at radius 3 is 2.94 bits per heavy atom. The van der Waals surface area contributed by atoms with Gasteiger partial charge in [-0.3, -0.25) is 4.68 Å². The smallest absolute Gasteiger partial charge is 0.243 e. The highest BCUT2D eigenvalue weighted by Crippen LogP contribution is 2.28. The summed E-state index contributed by atoms with van der Waals surface area (Å²) >= 11 is 0. The Morgan fingerprint density at radius 1 is 1.50 bits per heavy atom. The monoisotopic (exact) mass is 272 g/mol. The van der Waals surface area contributed by atoms with E-state index in [-0.39, 0.29) is 4.90 Å². The zero-order valence-electron chi connectivity index (χ0n) is 10.6. The molecule has 0 bridgehead atoms. The van der Waals surface area contributed by atoms with E-state index in [1.807, 2.05) is 6.92 Å². The molecule has 2 rings (SSSR count). The Bertz CT molecular complexity index is 479. The zero-order valence-corrected chi connectivity index (χ0v) is 11.4. The van der Waals surface area contributed by atoms with E-state index in [2.05, 4.69) is 15.1 Å². The maximum Gasteiger partial charge on any atom is 0.243 e. The maximum atomic E-state index is 11.9. The van der Waals surface area contributed by atoms with Crippen LogP contribution in [0.3, 0.4) is 0 Å². The maximum absolute atomic E-state index is 11.9. The van der Waals surface area contributed by atoms with Crippen LogP contribution in [0.4, 0.5) is 0 Å². The first-order valence-corrected chi connectivity index (χ1v) is 7.83. The number of rotatable bonds is 8. The van der Waals surface area contributed by atoms with Crippen molar-refractivity contribution in [3.05, 3.63) is 12.4 Å². The van der Waals surface area contributed by atoms with Crippen molar-refractivity contribution in [1.82, 2.24) is 19.8 Å². The van der Waals surface area contributed by atoms with Crippen molar-refractivity contribution in [3.8, 4) is 0 Å². The van der Waals surface area contributed by atoms with E-state index in [1.54, 1.807) is 10.9 Å². The van der Waals surface area contributed by atoms with Crippen LogP contribution < -0.4 is 10.0 Å². The van der Waals surface area contributed by atoms with Crippen LogP contribution >= 0.6 is 0 Å². The van der Waals surface area contributed by atoms with Crippen LogP contribution in [-0.4, -0.2) is 37.8 Å². The molecule has 0 atom stereocenters. The number of sulfonamides is 1. The van der Waals surface area contributed by atoms with Crippen LogP contribution in [0.15, 0.2) is 17.3 Å². The molecule has 1 saturated carbocycles. The second kappa shape index (κ2) is 5.81. The number of hydrogen-bond acceptors (Lipinski definition) is 4. The predicted molar refractivity (Wildman–Crippen MR) is 68.7 cm³/mol.